The van der Waals surface area contributed by atoms with E-state index in [1.807, 2.05) is 0 Å². The Morgan fingerprint density at radius 2 is 1.57 bits per heavy atom. The van der Waals surface area contributed by atoms with Crippen molar-refractivity contribution in [2.75, 3.05) is 0 Å². The van der Waals surface area contributed by atoms with Gasteiger partial charge in [0.2, 0.25) is 0 Å². The largest absolute Gasteiger partial charge is 0.388 e. The highest BCUT2D eigenvalue weighted by Gasteiger charge is 2.40. The maximum atomic E-state index is 4.19. The molecule has 7 heavy (non-hydrogen) atoms. The lowest BCUT2D eigenvalue weighted by Crippen LogP contribution is -2.03. The van der Waals surface area contributed by atoms with Crippen LogP contribution in [0.2, 0.25) is 0 Å². The van der Waals surface area contributed by atoms with Crippen molar-refractivity contribution in [3.05, 3.63) is 0 Å². The van der Waals surface area contributed by atoms with Gasteiger partial charge in [0.1, 0.15) is 0 Å². The second kappa shape index (κ2) is 0.988. The monoisotopic (exact) mass is 94.1 g/mol. The first kappa shape index (κ1) is 3.45. The van der Waals surface area contributed by atoms with Crippen LogP contribution in [-0.4, -0.2) is 11.4 Å². The van der Waals surface area contributed by atoms with Crippen molar-refractivity contribution in [2.24, 2.45) is 0 Å². The summed E-state index contributed by atoms with van der Waals surface area (Å²) in [6, 6.07) is 0. The van der Waals surface area contributed by atoms with E-state index < -0.39 is 0 Å². The van der Waals surface area contributed by atoms with Gasteiger partial charge in [-0.15, -0.1) is 0 Å². The molecule has 2 rings (SSSR count). The van der Waals surface area contributed by atoms with Crippen LogP contribution in [0.5, 0.6) is 0 Å². The van der Waals surface area contributed by atoms with E-state index in [0.717, 1.165) is 0 Å². The summed E-state index contributed by atoms with van der Waals surface area (Å²) in [7, 11) is 0. The Hall–Kier alpha value is -0.550. The molecule has 36 valence electrons. The molecule has 0 saturated heterocycles. The Kier molecular flexibility index (Phi) is 0.487. The Bertz CT molecular complexity index is 145. The summed E-state index contributed by atoms with van der Waals surface area (Å²) in [6.07, 6.45) is 5.30. The SMILES string of the molecule is C1CCC2=[N+]=C2C1. The van der Waals surface area contributed by atoms with Crippen LogP contribution in [0.1, 0.15) is 25.7 Å². The molecule has 1 heteroatoms. The number of fused-ring (bicyclic) bond motifs is 1. The first-order valence-corrected chi connectivity index (χ1v) is 2.90. The Morgan fingerprint density at radius 3 is 2.00 bits per heavy atom. The van der Waals surface area contributed by atoms with E-state index in [9.17, 15) is 0 Å². The molecule has 0 bridgehead atoms. The quantitative estimate of drug-likeness (QED) is 0.389. The van der Waals surface area contributed by atoms with Gasteiger partial charge >= 0.3 is 11.4 Å². The summed E-state index contributed by atoms with van der Waals surface area (Å²) in [6.45, 7) is 0. The van der Waals surface area contributed by atoms with E-state index in [0.29, 0.717) is 0 Å². The minimum absolute atomic E-state index is 1.27. The zero-order valence-electron chi connectivity index (χ0n) is 4.28. The molecule has 1 fully saturated rings. The third-order valence-corrected chi connectivity index (χ3v) is 1.63. The fraction of sp³-hybridized carbons (Fsp3) is 0.667. The van der Waals surface area contributed by atoms with Gasteiger partial charge in [0.25, 0.3) is 0 Å². The Balaban J connectivity index is 2.11. The third-order valence-electron chi connectivity index (χ3n) is 1.63. The predicted octanol–water partition coefficient (Wildman–Crippen LogP) is 0.523. The van der Waals surface area contributed by atoms with E-state index in [4.69, 9.17) is 0 Å². The molecule has 2 aliphatic rings. The summed E-state index contributed by atoms with van der Waals surface area (Å²) in [5, 5.41) is 0. The van der Waals surface area contributed by atoms with Crippen molar-refractivity contribution in [1.29, 1.82) is 0 Å². The van der Waals surface area contributed by atoms with Crippen molar-refractivity contribution in [3.8, 4) is 0 Å². The molecule has 0 radical (unpaired) electrons. The topological polar surface area (TPSA) is 14.1 Å². The van der Waals surface area contributed by atoms with Gasteiger partial charge in [-0.25, -0.2) is 0 Å². The number of nitrogens with zero attached hydrogens (tertiary/aromatic N) is 1. The van der Waals surface area contributed by atoms with Gasteiger partial charge in [-0.2, -0.15) is 0 Å². The van der Waals surface area contributed by atoms with Crippen molar-refractivity contribution in [1.82, 2.24) is 4.67 Å². The van der Waals surface area contributed by atoms with Crippen molar-refractivity contribution < 1.29 is 0 Å². The summed E-state index contributed by atoms with van der Waals surface area (Å²) < 4.78 is 4.19. The lowest BCUT2D eigenvalue weighted by atomic mass is 10.0. The molecule has 1 aliphatic heterocycles. The van der Waals surface area contributed by atoms with Gasteiger partial charge in [0.15, 0.2) is 0 Å². The van der Waals surface area contributed by atoms with Crippen molar-refractivity contribution in [3.63, 3.8) is 0 Å². The van der Waals surface area contributed by atoms with Crippen LogP contribution in [0, 0.1) is 0 Å². The maximum absolute atomic E-state index is 4.19. The normalized spacial score (nSPS) is 25.1. The van der Waals surface area contributed by atoms with Crippen LogP contribution < -0.4 is 4.67 Å². The second-order valence-corrected chi connectivity index (χ2v) is 2.21. The first-order valence-electron chi connectivity index (χ1n) is 2.90. The molecular weight excluding hydrogens is 86.1 g/mol. The van der Waals surface area contributed by atoms with Crippen LogP contribution in [0.3, 0.4) is 0 Å². The molecule has 1 heterocycles. The van der Waals surface area contributed by atoms with Crippen LogP contribution in [-0.2, 0) is 0 Å². The van der Waals surface area contributed by atoms with E-state index in [1.54, 1.807) is 0 Å². The third kappa shape index (κ3) is 0.419. The van der Waals surface area contributed by atoms with Crippen LogP contribution in [0.4, 0.5) is 0 Å². The molecule has 1 nitrogen and oxygen atoms in total. The van der Waals surface area contributed by atoms with E-state index >= 15 is 0 Å². The van der Waals surface area contributed by atoms with Crippen molar-refractivity contribution >= 4 is 11.4 Å². The summed E-state index contributed by atoms with van der Waals surface area (Å²) in [5.74, 6) is 0. The van der Waals surface area contributed by atoms with Gasteiger partial charge in [-0.3, -0.25) is 0 Å². The van der Waals surface area contributed by atoms with E-state index in [-0.39, 0.29) is 0 Å². The van der Waals surface area contributed by atoms with E-state index in [2.05, 4.69) is 4.67 Å². The van der Waals surface area contributed by atoms with Crippen LogP contribution >= 0.6 is 0 Å². The molecule has 1 aliphatic carbocycles. The average molecular weight is 94.1 g/mol. The molecule has 0 aromatic heterocycles. The minimum atomic E-state index is 1.27. The lowest BCUT2D eigenvalue weighted by Gasteiger charge is -1.89. The predicted molar refractivity (Wildman–Crippen MR) is 30.6 cm³/mol. The summed E-state index contributed by atoms with van der Waals surface area (Å²) in [4.78, 5) is 0. The molecule has 0 aromatic carbocycles. The molecule has 0 N–H and O–H groups in total. The Morgan fingerprint density at radius 1 is 1.00 bits per heavy atom. The highest BCUT2D eigenvalue weighted by atomic mass is 14.8. The molecule has 0 unspecified atom stereocenters. The molecule has 1 saturated carbocycles. The fourth-order valence-electron chi connectivity index (χ4n) is 1.12. The summed E-state index contributed by atoms with van der Waals surface area (Å²) >= 11 is 0. The number of hydrogen-bond acceptors (Lipinski definition) is 0. The fourth-order valence-corrected chi connectivity index (χ4v) is 1.12. The average Bonchev–Trinajstić information content (AvgIpc) is 2.41. The maximum Gasteiger partial charge on any atom is 0.388 e. The molecule has 0 amide bonds. The highest BCUT2D eigenvalue weighted by molar-refractivity contribution is 6.51. The summed E-state index contributed by atoms with van der Waals surface area (Å²) in [5.41, 5.74) is 2.84. The first-order chi connectivity index (χ1) is 3.47. The van der Waals surface area contributed by atoms with Gasteiger partial charge in [0.05, 0.1) is 12.8 Å². The minimum Gasteiger partial charge on any atom is -0.0773 e. The molecule has 0 spiro atoms. The number of rotatable bonds is 0. The number of hydrogen-bond donors (Lipinski definition) is 0. The van der Waals surface area contributed by atoms with Crippen molar-refractivity contribution in [2.45, 2.75) is 25.7 Å². The van der Waals surface area contributed by atoms with Gasteiger partial charge in [-0.05, 0) is 12.8 Å². The van der Waals surface area contributed by atoms with Gasteiger partial charge in [0, 0.05) is 0 Å². The zero-order chi connectivity index (χ0) is 4.69. The smallest absolute Gasteiger partial charge is 0.0773 e. The standard InChI is InChI=1S/C6H8N/c1-2-4-6-5(3-1)7-6/h1-4H2/q+1. The van der Waals surface area contributed by atoms with Gasteiger partial charge in [-0.1, -0.05) is 4.67 Å². The molecule has 0 aromatic rings. The lowest BCUT2D eigenvalue weighted by molar-refractivity contribution is 0.791. The Labute approximate surface area is 42.8 Å². The van der Waals surface area contributed by atoms with E-state index in [1.165, 1.54) is 37.1 Å². The second-order valence-electron chi connectivity index (χ2n) is 2.21. The molecular formula is C6H8N+. The van der Waals surface area contributed by atoms with Crippen LogP contribution in [0.15, 0.2) is 0 Å². The highest BCUT2D eigenvalue weighted by Crippen LogP contribution is 2.13. The zero-order valence-corrected chi connectivity index (χ0v) is 4.28. The molecule has 0 atom stereocenters. The van der Waals surface area contributed by atoms with Crippen LogP contribution in [0.25, 0.3) is 0 Å². The van der Waals surface area contributed by atoms with Gasteiger partial charge < -0.3 is 0 Å².